The van der Waals surface area contributed by atoms with Crippen molar-refractivity contribution in [1.82, 2.24) is 24.2 Å². The first kappa shape index (κ1) is 52.2. The summed E-state index contributed by atoms with van der Waals surface area (Å²) in [7, 11) is 1.19. The average molecular weight is 966 g/mol. The summed E-state index contributed by atoms with van der Waals surface area (Å²) < 4.78 is 49.0. The average Bonchev–Trinajstić information content (AvgIpc) is 3.92. The molecule has 5 aromatic rings. The van der Waals surface area contributed by atoms with Crippen molar-refractivity contribution in [3.8, 4) is 17.6 Å². The molecule has 0 spiro atoms. The molecule has 1 unspecified atom stereocenters. The molecule has 3 aromatic carbocycles. The Kier molecular flexibility index (Phi) is 18.4. The number of hydrogen-bond acceptors (Lipinski definition) is 16. The highest BCUT2D eigenvalue weighted by molar-refractivity contribution is 7.44. The number of benzene rings is 3. The molecule has 1 fully saturated rings. The Bertz CT molecular complexity index is 2500. The van der Waals surface area contributed by atoms with Crippen LogP contribution in [0.1, 0.15) is 96.6 Å². The van der Waals surface area contributed by atoms with Crippen molar-refractivity contribution in [2.24, 2.45) is 0 Å². The number of nitrogens with zero attached hydrogens (tertiary/aromatic N) is 6. The van der Waals surface area contributed by atoms with Crippen LogP contribution in [0.15, 0.2) is 91.5 Å². The van der Waals surface area contributed by atoms with Gasteiger partial charge >= 0.3 is 5.97 Å². The fraction of sp³-hybridized carbons (Fsp3) is 0.440. The van der Waals surface area contributed by atoms with Crippen LogP contribution in [0, 0.1) is 11.3 Å². The zero-order valence-electron chi connectivity index (χ0n) is 40.2. The molecule has 2 aromatic heterocycles. The molecule has 1 aliphatic heterocycles. The number of ether oxygens (including phenoxy) is 5. The molecule has 18 nitrogen and oxygen atoms in total. The van der Waals surface area contributed by atoms with Gasteiger partial charge < -0.3 is 47.6 Å². The van der Waals surface area contributed by atoms with Gasteiger partial charge in [-0.1, -0.05) is 54.6 Å². The van der Waals surface area contributed by atoms with E-state index in [0.717, 1.165) is 16.7 Å². The van der Waals surface area contributed by atoms with E-state index in [1.807, 2.05) is 111 Å². The second kappa shape index (κ2) is 24.4. The molecule has 1 amide bonds. The standard InChI is InChI=1S/C50H60N7O11P/c1-32(2)57(33(3)4)69(65-28-12-27-51)68-46-45(67-43(61)26-16-35(6)59)41(66-49(46)56-31-54-44-47(52-30-53-48(44)56)55-42(60)25-15-34(5)58)29-64-50(36-13-10-9-11-14-36,37-17-21-39(62-7)22-18-37)38-19-23-40(63-8)24-20-38/h9-11,13-14,17-24,30-33,41,45-46,49H,12,15-16,25-26,28-29H2,1-8H3,(H,52,53,55,60)/t41-,45-,46-,49-,69?/m1/s1. The maximum Gasteiger partial charge on any atom is 0.306 e. The Morgan fingerprint density at radius 1 is 0.812 bits per heavy atom. The van der Waals surface area contributed by atoms with Gasteiger partial charge in [0, 0.05) is 31.3 Å². The predicted molar refractivity (Wildman–Crippen MR) is 256 cm³/mol. The molecule has 0 saturated carbocycles. The summed E-state index contributed by atoms with van der Waals surface area (Å²) >= 11 is 0. The van der Waals surface area contributed by atoms with Crippen LogP contribution in [0.3, 0.4) is 0 Å². The molecule has 1 saturated heterocycles. The number of methoxy groups -OCH3 is 2. The number of nitrogens with one attached hydrogen (secondary N) is 1. The monoisotopic (exact) mass is 965 g/mol. The molecule has 6 rings (SSSR count). The van der Waals surface area contributed by atoms with Gasteiger partial charge in [0.05, 0.1) is 52.7 Å². The fourth-order valence-electron chi connectivity index (χ4n) is 8.10. The molecule has 0 radical (unpaired) electrons. The van der Waals surface area contributed by atoms with Crippen LogP contribution in [0.4, 0.5) is 5.82 Å². The quantitative estimate of drug-likeness (QED) is 0.0254. The lowest BCUT2D eigenvalue weighted by Crippen LogP contribution is -2.43. The number of nitriles is 1. The van der Waals surface area contributed by atoms with Crippen LogP contribution in [0.25, 0.3) is 11.2 Å². The number of hydrogen-bond donors (Lipinski definition) is 1. The van der Waals surface area contributed by atoms with Crippen LogP contribution < -0.4 is 14.8 Å². The van der Waals surface area contributed by atoms with E-state index in [1.54, 1.807) is 18.8 Å². The molecule has 0 aliphatic carbocycles. The summed E-state index contributed by atoms with van der Waals surface area (Å²) in [6.07, 6.45) is -2.08. The van der Waals surface area contributed by atoms with Crippen molar-refractivity contribution in [3.63, 3.8) is 0 Å². The minimum atomic E-state index is -2.00. The Balaban J connectivity index is 1.53. The highest BCUT2D eigenvalue weighted by Gasteiger charge is 2.53. The summed E-state index contributed by atoms with van der Waals surface area (Å²) in [5, 5.41) is 12.3. The fourth-order valence-corrected chi connectivity index (χ4v) is 9.84. The molecule has 366 valence electrons. The molecule has 69 heavy (non-hydrogen) atoms. The van der Waals surface area contributed by atoms with Gasteiger partial charge in [0.2, 0.25) is 5.91 Å². The lowest BCUT2D eigenvalue weighted by Gasteiger charge is -2.38. The van der Waals surface area contributed by atoms with Gasteiger partial charge in [-0.25, -0.2) is 19.6 Å². The Morgan fingerprint density at radius 3 is 1.97 bits per heavy atom. The summed E-state index contributed by atoms with van der Waals surface area (Å²) in [4.78, 5) is 64.2. The highest BCUT2D eigenvalue weighted by Crippen LogP contribution is 2.52. The second-order valence-corrected chi connectivity index (χ2v) is 18.4. The molecule has 19 heteroatoms. The number of carbonyl (C=O) groups is 4. The maximum atomic E-state index is 14.0. The molecule has 5 atom stereocenters. The normalized spacial score (nSPS) is 17.5. The van der Waals surface area contributed by atoms with Crippen LogP contribution >= 0.6 is 8.53 Å². The molecule has 0 bridgehead atoms. The van der Waals surface area contributed by atoms with Gasteiger partial charge in [-0.3, -0.25) is 14.2 Å². The minimum absolute atomic E-state index is 0.0449. The number of Topliss-reactive ketones (excluding diaryl/α,β-unsaturated/α-hetero) is 2. The van der Waals surface area contributed by atoms with Crippen molar-refractivity contribution in [3.05, 3.63) is 108 Å². The largest absolute Gasteiger partial charge is 0.497 e. The Labute approximate surface area is 403 Å². The molecular weight excluding hydrogens is 906 g/mol. The number of imidazole rings is 1. The molecule has 1 aliphatic rings. The third-order valence-corrected chi connectivity index (χ3v) is 13.5. The third kappa shape index (κ3) is 12.7. The number of fused-ring (bicyclic) bond motifs is 1. The van der Waals surface area contributed by atoms with Gasteiger partial charge in [0.25, 0.3) is 8.53 Å². The van der Waals surface area contributed by atoms with Crippen molar-refractivity contribution >= 4 is 49.0 Å². The number of anilines is 1. The van der Waals surface area contributed by atoms with Crippen LogP contribution in [0.2, 0.25) is 0 Å². The smallest absolute Gasteiger partial charge is 0.306 e. The molecule has 1 N–H and O–H groups in total. The number of carbonyl (C=O) groups excluding carboxylic acids is 4. The van der Waals surface area contributed by atoms with E-state index in [0.29, 0.717) is 11.5 Å². The van der Waals surface area contributed by atoms with Gasteiger partial charge in [0.15, 0.2) is 35.4 Å². The van der Waals surface area contributed by atoms with E-state index < -0.39 is 50.5 Å². The number of aromatic nitrogens is 4. The van der Waals surface area contributed by atoms with Crippen molar-refractivity contribution < 1.29 is 51.9 Å². The summed E-state index contributed by atoms with van der Waals surface area (Å²) in [5.74, 6) is -0.0723. The van der Waals surface area contributed by atoms with Crippen LogP contribution in [0.5, 0.6) is 11.5 Å². The summed E-state index contributed by atoms with van der Waals surface area (Å²) in [5.41, 5.74) is 1.39. The SMILES string of the molecule is COc1ccc(C(OC[C@H]2O[C@@H](n3cnc4c(NC(=O)CCC(C)=O)ncnc43)[C@H](OP(OCCC#N)N(C(C)C)C(C)C)[C@@H]2OC(=O)CCC(C)=O)(c2ccccc2)c2ccc(OC)cc2)cc1. The van der Waals surface area contributed by atoms with Gasteiger partial charge in [0.1, 0.15) is 41.1 Å². The van der Waals surface area contributed by atoms with E-state index in [-0.39, 0.29) is 85.9 Å². The lowest BCUT2D eigenvalue weighted by molar-refractivity contribution is -0.159. The van der Waals surface area contributed by atoms with E-state index in [1.165, 1.54) is 26.5 Å². The Hall–Kier alpha value is -6.19. The second-order valence-electron chi connectivity index (χ2n) is 17.0. The van der Waals surface area contributed by atoms with E-state index in [9.17, 15) is 24.4 Å². The first-order valence-corrected chi connectivity index (χ1v) is 23.9. The van der Waals surface area contributed by atoms with Crippen LogP contribution in [-0.2, 0) is 48.0 Å². The first-order valence-electron chi connectivity index (χ1n) is 22.7. The zero-order valence-corrected chi connectivity index (χ0v) is 41.1. The van der Waals surface area contributed by atoms with Crippen LogP contribution in [-0.4, -0.2) is 105 Å². The van der Waals surface area contributed by atoms with E-state index >= 15 is 0 Å². The van der Waals surface area contributed by atoms with Gasteiger partial charge in [-0.2, -0.15) is 5.26 Å². The maximum absolute atomic E-state index is 14.0. The predicted octanol–water partition coefficient (Wildman–Crippen LogP) is 8.00. The number of esters is 1. The van der Waals surface area contributed by atoms with Gasteiger partial charge in [-0.05, 0) is 82.5 Å². The van der Waals surface area contributed by atoms with Crippen molar-refractivity contribution in [1.29, 1.82) is 5.26 Å². The summed E-state index contributed by atoms with van der Waals surface area (Å²) in [6, 6.07) is 26.7. The lowest BCUT2D eigenvalue weighted by atomic mass is 9.80. The number of ketones is 2. The highest BCUT2D eigenvalue weighted by atomic mass is 31.2. The molecule has 3 heterocycles. The Morgan fingerprint density at radius 2 is 1.41 bits per heavy atom. The minimum Gasteiger partial charge on any atom is -0.497 e. The molecular formula is C50H60N7O11P. The zero-order chi connectivity index (χ0) is 49.7. The van der Waals surface area contributed by atoms with E-state index in [4.69, 9.17) is 32.7 Å². The first-order chi connectivity index (χ1) is 33.2. The summed E-state index contributed by atoms with van der Waals surface area (Å²) in [6.45, 7) is 10.6. The number of amides is 1. The topological polar surface area (TPSA) is 216 Å². The number of rotatable bonds is 25. The van der Waals surface area contributed by atoms with Gasteiger partial charge in [-0.15, -0.1) is 0 Å². The third-order valence-electron chi connectivity index (χ3n) is 11.3. The van der Waals surface area contributed by atoms with Crippen molar-refractivity contribution in [2.75, 3.05) is 32.8 Å². The van der Waals surface area contributed by atoms with E-state index in [2.05, 4.69) is 26.3 Å². The van der Waals surface area contributed by atoms with Crippen molar-refractivity contribution in [2.45, 2.75) is 116 Å².